The van der Waals surface area contributed by atoms with E-state index in [0.29, 0.717) is 11.6 Å². The van der Waals surface area contributed by atoms with Gasteiger partial charge in [-0.05, 0) is 52.1 Å². The second-order valence-corrected chi connectivity index (χ2v) is 5.65. The summed E-state index contributed by atoms with van der Waals surface area (Å²) in [5.74, 6) is 0.0555. The Kier molecular flexibility index (Phi) is 4.41. The van der Waals surface area contributed by atoms with E-state index in [2.05, 4.69) is 30.0 Å². The molecule has 1 aliphatic rings. The highest BCUT2D eigenvalue weighted by Gasteiger charge is 2.27. The van der Waals surface area contributed by atoms with E-state index in [1.54, 1.807) is 19.1 Å². The zero-order chi connectivity index (χ0) is 14.7. The maximum Gasteiger partial charge on any atom is 0.161 e. The van der Waals surface area contributed by atoms with Crippen LogP contribution in [-0.4, -0.2) is 43.9 Å². The largest absolute Gasteiger partial charge is 0.367 e. The normalized spacial score (nSPS) is 18.4. The van der Waals surface area contributed by atoms with Crippen molar-refractivity contribution in [1.82, 2.24) is 4.90 Å². The van der Waals surface area contributed by atoms with Crippen LogP contribution in [0, 0.1) is 11.3 Å². The minimum atomic E-state index is 0.0555. The molecule has 0 radical (unpaired) electrons. The summed E-state index contributed by atoms with van der Waals surface area (Å²) in [5.41, 5.74) is 2.25. The molecule has 1 atom stereocenters. The van der Waals surface area contributed by atoms with Gasteiger partial charge in [-0.1, -0.05) is 0 Å². The predicted octanol–water partition coefficient (Wildman–Crippen LogP) is 2.29. The van der Waals surface area contributed by atoms with Crippen LogP contribution in [0.1, 0.15) is 35.7 Å². The number of hydrogen-bond donors (Lipinski definition) is 0. The monoisotopic (exact) mass is 271 g/mol. The number of hydrogen-bond acceptors (Lipinski definition) is 4. The molecule has 0 aromatic heterocycles. The number of likely N-dealkylation sites (N-methyl/N-ethyl adjacent to an activating group) is 1. The standard InChI is InChI=1S/C16H21N3O/c1-12(20)15-7-6-13(10-17)9-16(15)19-8-4-5-14(19)11-18(2)3/h6-7,9,14H,4-5,8,11H2,1-3H3. The van der Waals surface area contributed by atoms with Crippen molar-refractivity contribution < 1.29 is 4.79 Å². The Morgan fingerprint density at radius 2 is 2.25 bits per heavy atom. The van der Waals surface area contributed by atoms with E-state index in [-0.39, 0.29) is 5.78 Å². The number of rotatable bonds is 4. The summed E-state index contributed by atoms with van der Waals surface area (Å²) < 4.78 is 0. The lowest BCUT2D eigenvalue weighted by Crippen LogP contribution is -2.38. The predicted molar refractivity (Wildman–Crippen MR) is 80.1 cm³/mol. The van der Waals surface area contributed by atoms with Crippen molar-refractivity contribution in [1.29, 1.82) is 5.26 Å². The van der Waals surface area contributed by atoms with Crippen LogP contribution in [0.25, 0.3) is 0 Å². The van der Waals surface area contributed by atoms with Gasteiger partial charge in [0.2, 0.25) is 0 Å². The van der Waals surface area contributed by atoms with Gasteiger partial charge in [-0.2, -0.15) is 5.26 Å². The Morgan fingerprint density at radius 3 is 2.85 bits per heavy atom. The van der Waals surface area contributed by atoms with Crippen LogP contribution in [-0.2, 0) is 0 Å². The van der Waals surface area contributed by atoms with E-state index in [4.69, 9.17) is 5.26 Å². The summed E-state index contributed by atoms with van der Waals surface area (Å²) in [4.78, 5) is 16.3. The third-order valence-corrected chi connectivity index (χ3v) is 3.77. The fraction of sp³-hybridized carbons (Fsp3) is 0.500. The topological polar surface area (TPSA) is 47.3 Å². The van der Waals surface area contributed by atoms with Gasteiger partial charge >= 0.3 is 0 Å². The summed E-state index contributed by atoms with van der Waals surface area (Å²) in [7, 11) is 4.13. The molecule has 1 heterocycles. The first-order valence-electron chi connectivity index (χ1n) is 6.99. The van der Waals surface area contributed by atoms with Crippen molar-refractivity contribution in [2.24, 2.45) is 0 Å². The molecular weight excluding hydrogens is 250 g/mol. The number of carbonyl (C=O) groups excluding carboxylic acids is 1. The van der Waals surface area contributed by atoms with E-state index >= 15 is 0 Å². The lowest BCUT2D eigenvalue weighted by atomic mass is 10.0. The van der Waals surface area contributed by atoms with E-state index in [9.17, 15) is 4.79 Å². The highest BCUT2D eigenvalue weighted by atomic mass is 16.1. The summed E-state index contributed by atoms with van der Waals surface area (Å²) in [6, 6.07) is 7.93. The van der Waals surface area contributed by atoms with Crippen molar-refractivity contribution in [3.63, 3.8) is 0 Å². The van der Waals surface area contributed by atoms with Crippen LogP contribution < -0.4 is 4.90 Å². The van der Waals surface area contributed by atoms with Crippen LogP contribution in [0.5, 0.6) is 0 Å². The smallest absolute Gasteiger partial charge is 0.161 e. The average molecular weight is 271 g/mol. The molecule has 4 heteroatoms. The molecule has 0 amide bonds. The fourth-order valence-electron chi connectivity index (χ4n) is 2.90. The number of anilines is 1. The molecule has 106 valence electrons. The molecule has 1 aromatic carbocycles. The molecule has 1 aromatic rings. The molecule has 20 heavy (non-hydrogen) atoms. The maximum absolute atomic E-state index is 11.8. The van der Waals surface area contributed by atoms with Crippen molar-refractivity contribution in [2.75, 3.05) is 32.1 Å². The molecule has 0 bridgehead atoms. The molecule has 1 aliphatic heterocycles. The van der Waals surface area contributed by atoms with Crippen LogP contribution in [0.2, 0.25) is 0 Å². The molecule has 1 saturated heterocycles. The molecule has 0 aliphatic carbocycles. The first-order valence-corrected chi connectivity index (χ1v) is 6.99. The van der Waals surface area contributed by atoms with Gasteiger partial charge in [0.25, 0.3) is 0 Å². The Bertz CT molecular complexity index is 545. The summed E-state index contributed by atoms with van der Waals surface area (Å²) in [6.45, 7) is 3.50. The summed E-state index contributed by atoms with van der Waals surface area (Å²) >= 11 is 0. The summed E-state index contributed by atoms with van der Waals surface area (Å²) in [5, 5.41) is 9.08. The average Bonchev–Trinajstić information content (AvgIpc) is 2.85. The quantitative estimate of drug-likeness (QED) is 0.788. The van der Waals surface area contributed by atoms with Crippen molar-refractivity contribution >= 4 is 11.5 Å². The number of nitriles is 1. The number of nitrogens with zero attached hydrogens (tertiary/aromatic N) is 3. The van der Waals surface area contributed by atoms with Crippen LogP contribution >= 0.6 is 0 Å². The molecule has 0 spiro atoms. The molecule has 0 saturated carbocycles. The Balaban J connectivity index is 2.39. The second-order valence-electron chi connectivity index (χ2n) is 5.65. The number of Topliss-reactive ketones (excluding diaryl/α,β-unsaturated/α-hetero) is 1. The van der Waals surface area contributed by atoms with E-state index in [1.165, 1.54) is 0 Å². The second kappa shape index (κ2) is 6.06. The van der Waals surface area contributed by atoms with Gasteiger partial charge in [-0.25, -0.2) is 0 Å². The number of carbonyl (C=O) groups is 1. The Hall–Kier alpha value is -1.86. The SMILES string of the molecule is CC(=O)c1ccc(C#N)cc1N1CCCC1CN(C)C. The lowest BCUT2D eigenvalue weighted by Gasteiger charge is -2.30. The van der Waals surface area contributed by atoms with Crippen molar-refractivity contribution in [3.8, 4) is 6.07 Å². The minimum Gasteiger partial charge on any atom is -0.367 e. The van der Waals surface area contributed by atoms with Gasteiger partial charge in [-0.15, -0.1) is 0 Å². The molecule has 2 rings (SSSR count). The van der Waals surface area contributed by atoms with E-state index < -0.39 is 0 Å². The first kappa shape index (κ1) is 14.5. The van der Waals surface area contributed by atoms with Crippen molar-refractivity contribution in [3.05, 3.63) is 29.3 Å². The maximum atomic E-state index is 11.8. The van der Waals surface area contributed by atoms with Crippen LogP contribution in [0.3, 0.4) is 0 Å². The van der Waals surface area contributed by atoms with Crippen LogP contribution in [0.4, 0.5) is 5.69 Å². The minimum absolute atomic E-state index is 0.0555. The zero-order valence-corrected chi connectivity index (χ0v) is 12.4. The number of benzene rings is 1. The van der Waals surface area contributed by atoms with Crippen LogP contribution in [0.15, 0.2) is 18.2 Å². The van der Waals surface area contributed by atoms with Gasteiger partial charge in [0.15, 0.2) is 5.78 Å². The van der Waals surface area contributed by atoms with Crippen molar-refractivity contribution in [2.45, 2.75) is 25.8 Å². The van der Waals surface area contributed by atoms with Gasteiger partial charge < -0.3 is 9.80 Å². The van der Waals surface area contributed by atoms with Gasteiger partial charge in [0.1, 0.15) is 0 Å². The number of ketones is 1. The zero-order valence-electron chi connectivity index (χ0n) is 12.4. The summed E-state index contributed by atoms with van der Waals surface area (Å²) in [6.07, 6.45) is 2.26. The van der Waals surface area contributed by atoms with Gasteiger partial charge in [0.05, 0.1) is 11.6 Å². The molecule has 0 N–H and O–H groups in total. The van der Waals surface area contributed by atoms with E-state index in [0.717, 1.165) is 37.2 Å². The van der Waals surface area contributed by atoms with Gasteiger partial charge in [0, 0.05) is 30.4 Å². The Labute approximate surface area is 120 Å². The highest BCUT2D eigenvalue weighted by Crippen LogP contribution is 2.30. The third-order valence-electron chi connectivity index (χ3n) is 3.77. The fourth-order valence-corrected chi connectivity index (χ4v) is 2.90. The van der Waals surface area contributed by atoms with E-state index in [1.807, 2.05) is 6.07 Å². The lowest BCUT2D eigenvalue weighted by molar-refractivity contribution is 0.101. The highest BCUT2D eigenvalue weighted by molar-refractivity contribution is 6.00. The molecule has 1 fully saturated rings. The van der Waals surface area contributed by atoms with Gasteiger partial charge in [-0.3, -0.25) is 4.79 Å². The molecular formula is C16H21N3O. The third kappa shape index (κ3) is 3.00. The molecule has 1 unspecified atom stereocenters. The first-order chi connectivity index (χ1) is 9.52. The Morgan fingerprint density at radius 1 is 1.50 bits per heavy atom. The molecule has 4 nitrogen and oxygen atoms in total.